The second kappa shape index (κ2) is 10.6. The Balaban J connectivity index is 1.93. The van der Waals surface area contributed by atoms with Crippen molar-refractivity contribution in [2.24, 2.45) is 5.73 Å². The lowest BCUT2D eigenvalue weighted by Crippen LogP contribution is -2.35. The number of amides is 1. The van der Waals surface area contributed by atoms with Crippen LogP contribution in [0, 0.1) is 16.7 Å². The number of carbonyl (C=O) groups is 1. The van der Waals surface area contributed by atoms with Crippen molar-refractivity contribution in [3.8, 4) is 17.3 Å². The topological polar surface area (TPSA) is 150 Å². The number of nitrogens with two attached hydrogens (primary N) is 1. The molecule has 0 saturated heterocycles. The molecular weight excluding hydrogens is 454 g/mol. The Morgan fingerprint density at radius 2 is 1.97 bits per heavy atom. The Morgan fingerprint density at radius 1 is 1.26 bits per heavy atom. The second-order valence-electron chi connectivity index (χ2n) is 7.87. The fraction of sp³-hybridized carbons (Fsp3) is 0.208. The maximum absolute atomic E-state index is 13.2. The van der Waals surface area contributed by atoms with Gasteiger partial charge in [0.2, 0.25) is 5.91 Å². The molecule has 2 aromatic carbocycles. The Hall–Kier alpha value is -4.16. The van der Waals surface area contributed by atoms with Crippen molar-refractivity contribution >= 4 is 29.2 Å². The van der Waals surface area contributed by atoms with Crippen LogP contribution in [0.15, 0.2) is 53.3 Å². The van der Waals surface area contributed by atoms with E-state index in [4.69, 9.17) is 22.7 Å². The molecule has 5 N–H and O–H groups in total. The predicted molar refractivity (Wildman–Crippen MR) is 132 cm³/mol. The lowest BCUT2D eigenvalue weighted by molar-refractivity contribution is -0.121. The van der Waals surface area contributed by atoms with Crippen molar-refractivity contribution in [2.45, 2.75) is 33.0 Å². The maximum atomic E-state index is 13.2. The molecule has 1 aromatic heterocycles. The second-order valence-corrected chi connectivity index (χ2v) is 8.23. The van der Waals surface area contributed by atoms with Gasteiger partial charge >= 0.3 is 0 Å². The van der Waals surface area contributed by atoms with Gasteiger partial charge in [0.05, 0.1) is 17.3 Å². The standard InChI is InChI=1S/C24H24ClN7O2/c1-14(2)30-23-24(34)32(20(21(25)31-23)18-5-3-4-16(10-18)11-26)13-19(33)29-12-15-6-8-17(9-7-15)22(27)28/h3-10,14H,12-13H2,1-2H3,(H3,27,28)(H,29,33)(H,30,31). The quantitative estimate of drug-likeness (QED) is 0.289. The highest BCUT2D eigenvalue weighted by molar-refractivity contribution is 6.32. The molecule has 0 bridgehead atoms. The number of nitrogens with zero attached hydrogens (tertiary/aromatic N) is 3. The van der Waals surface area contributed by atoms with E-state index in [9.17, 15) is 14.9 Å². The summed E-state index contributed by atoms with van der Waals surface area (Å²) in [6, 6.07) is 15.5. The van der Waals surface area contributed by atoms with Crippen molar-refractivity contribution in [1.29, 1.82) is 10.7 Å². The highest BCUT2D eigenvalue weighted by Gasteiger charge is 2.20. The first-order valence-electron chi connectivity index (χ1n) is 10.5. The van der Waals surface area contributed by atoms with E-state index in [2.05, 4.69) is 21.7 Å². The van der Waals surface area contributed by atoms with Crippen LogP contribution in [0.3, 0.4) is 0 Å². The third-order valence-corrected chi connectivity index (χ3v) is 5.13. The summed E-state index contributed by atoms with van der Waals surface area (Å²) >= 11 is 6.46. The average Bonchev–Trinajstić information content (AvgIpc) is 2.80. The van der Waals surface area contributed by atoms with Gasteiger partial charge in [-0.15, -0.1) is 0 Å². The molecule has 0 saturated carbocycles. The predicted octanol–water partition coefficient (Wildman–Crippen LogP) is 2.86. The summed E-state index contributed by atoms with van der Waals surface area (Å²) in [5.74, 6) is -0.413. The maximum Gasteiger partial charge on any atom is 0.294 e. The van der Waals surface area contributed by atoms with Crippen LogP contribution in [0.2, 0.25) is 5.15 Å². The first-order valence-corrected chi connectivity index (χ1v) is 10.8. The van der Waals surface area contributed by atoms with Crippen LogP contribution in [-0.4, -0.2) is 27.3 Å². The largest absolute Gasteiger partial charge is 0.384 e. The Kier molecular flexibility index (Phi) is 7.66. The van der Waals surface area contributed by atoms with Gasteiger partial charge in [0.25, 0.3) is 5.56 Å². The van der Waals surface area contributed by atoms with Gasteiger partial charge in [-0.2, -0.15) is 5.26 Å². The van der Waals surface area contributed by atoms with Crippen LogP contribution in [0.4, 0.5) is 5.82 Å². The summed E-state index contributed by atoms with van der Waals surface area (Å²) in [7, 11) is 0. The molecule has 1 heterocycles. The first-order chi connectivity index (χ1) is 16.2. The molecule has 10 heteroatoms. The van der Waals surface area contributed by atoms with E-state index in [0.717, 1.165) is 5.56 Å². The Labute approximate surface area is 201 Å². The smallest absolute Gasteiger partial charge is 0.294 e. The zero-order valence-corrected chi connectivity index (χ0v) is 19.5. The van der Waals surface area contributed by atoms with Crippen molar-refractivity contribution in [1.82, 2.24) is 14.9 Å². The molecule has 0 fully saturated rings. The van der Waals surface area contributed by atoms with Crippen LogP contribution in [0.25, 0.3) is 11.3 Å². The van der Waals surface area contributed by atoms with Gasteiger partial charge in [-0.1, -0.05) is 48.0 Å². The summed E-state index contributed by atoms with van der Waals surface area (Å²) in [5, 5.41) is 22.5. The molecule has 0 aliphatic heterocycles. The normalized spacial score (nSPS) is 10.6. The molecule has 0 radical (unpaired) electrons. The van der Waals surface area contributed by atoms with Crippen LogP contribution in [0.1, 0.15) is 30.5 Å². The van der Waals surface area contributed by atoms with E-state index in [-0.39, 0.29) is 41.6 Å². The zero-order chi connectivity index (χ0) is 24.8. The molecule has 1 amide bonds. The molecule has 3 aromatic rings. The van der Waals surface area contributed by atoms with Gasteiger partial charge in [-0.25, -0.2) is 4.98 Å². The number of hydrogen-bond donors (Lipinski definition) is 4. The Morgan fingerprint density at radius 3 is 2.59 bits per heavy atom. The molecule has 0 atom stereocenters. The minimum atomic E-state index is -0.503. The van der Waals surface area contributed by atoms with Crippen molar-refractivity contribution in [3.05, 3.63) is 80.7 Å². The van der Waals surface area contributed by atoms with E-state index >= 15 is 0 Å². The van der Waals surface area contributed by atoms with Crippen LogP contribution in [0.5, 0.6) is 0 Å². The number of nitrogens with one attached hydrogen (secondary N) is 3. The van der Waals surface area contributed by atoms with Gasteiger partial charge in [0.15, 0.2) is 11.0 Å². The van der Waals surface area contributed by atoms with E-state index < -0.39 is 11.5 Å². The van der Waals surface area contributed by atoms with Gasteiger partial charge in [0, 0.05) is 23.7 Å². The molecule has 3 rings (SSSR count). The summed E-state index contributed by atoms with van der Waals surface area (Å²) in [4.78, 5) is 30.2. The van der Waals surface area contributed by atoms with E-state index in [0.29, 0.717) is 16.7 Å². The molecule has 34 heavy (non-hydrogen) atoms. The number of anilines is 1. The first kappa shape index (κ1) is 24.5. The highest BCUT2D eigenvalue weighted by Crippen LogP contribution is 2.27. The monoisotopic (exact) mass is 477 g/mol. The van der Waals surface area contributed by atoms with Crippen LogP contribution >= 0.6 is 11.6 Å². The average molecular weight is 478 g/mol. The van der Waals surface area contributed by atoms with E-state index in [1.165, 1.54) is 4.57 Å². The number of benzene rings is 2. The van der Waals surface area contributed by atoms with Gasteiger partial charge in [-0.05, 0) is 31.5 Å². The molecule has 9 nitrogen and oxygen atoms in total. The number of hydrogen-bond acceptors (Lipinski definition) is 6. The molecule has 0 aliphatic rings. The van der Waals surface area contributed by atoms with Gasteiger partial charge in [-0.3, -0.25) is 19.6 Å². The minimum absolute atomic E-state index is 0.0328. The number of aromatic nitrogens is 2. The molecular formula is C24H24ClN7O2. The summed E-state index contributed by atoms with van der Waals surface area (Å²) in [5.41, 5.74) is 7.48. The summed E-state index contributed by atoms with van der Waals surface area (Å²) < 4.78 is 1.25. The van der Waals surface area contributed by atoms with Crippen molar-refractivity contribution in [3.63, 3.8) is 0 Å². The number of nitrogen functional groups attached to an aromatic ring is 1. The minimum Gasteiger partial charge on any atom is -0.384 e. The van der Waals surface area contributed by atoms with Gasteiger partial charge in [0.1, 0.15) is 12.4 Å². The number of nitriles is 1. The number of rotatable bonds is 8. The number of carbonyl (C=O) groups excluding carboxylic acids is 1. The third-order valence-electron chi connectivity index (χ3n) is 4.87. The Bertz CT molecular complexity index is 1320. The summed E-state index contributed by atoms with van der Waals surface area (Å²) in [6.45, 7) is 3.63. The van der Waals surface area contributed by atoms with Crippen LogP contribution in [-0.2, 0) is 17.9 Å². The molecule has 174 valence electrons. The lowest BCUT2D eigenvalue weighted by atomic mass is 10.1. The van der Waals surface area contributed by atoms with Crippen LogP contribution < -0.4 is 21.9 Å². The fourth-order valence-corrected chi connectivity index (χ4v) is 3.57. The lowest BCUT2D eigenvalue weighted by Gasteiger charge is -2.17. The number of halogens is 1. The molecule has 0 unspecified atom stereocenters. The number of amidine groups is 1. The molecule has 0 spiro atoms. The molecule has 0 aliphatic carbocycles. The fourth-order valence-electron chi connectivity index (χ4n) is 3.27. The SMILES string of the molecule is CC(C)Nc1nc(Cl)c(-c2cccc(C#N)c2)n(CC(=O)NCc2ccc(C(=N)N)cc2)c1=O. The van der Waals surface area contributed by atoms with Crippen molar-refractivity contribution in [2.75, 3.05) is 5.32 Å². The summed E-state index contributed by atoms with van der Waals surface area (Å²) in [6.07, 6.45) is 0. The van der Waals surface area contributed by atoms with Crippen molar-refractivity contribution < 1.29 is 4.79 Å². The van der Waals surface area contributed by atoms with Gasteiger partial charge < -0.3 is 16.4 Å². The van der Waals surface area contributed by atoms with E-state index in [1.54, 1.807) is 48.5 Å². The van der Waals surface area contributed by atoms with E-state index in [1.807, 2.05) is 13.8 Å². The third kappa shape index (κ3) is 5.79. The zero-order valence-electron chi connectivity index (χ0n) is 18.7. The highest BCUT2D eigenvalue weighted by atomic mass is 35.5.